The SMILES string of the molecule is COc1ccc(OCC(=O)NCc2ccc(-c3cccnc3)nc2)cc1. The van der Waals surface area contributed by atoms with Crippen LogP contribution in [0.4, 0.5) is 0 Å². The average Bonchev–Trinajstić information content (AvgIpc) is 2.72. The van der Waals surface area contributed by atoms with Crippen LogP contribution in [-0.2, 0) is 11.3 Å². The fourth-order valence-electron chi connectivity index (χ4n) is 2.29. The molecule has 0 aliphatic carbocycles. The number of carbonyl (C=O) groups excluding carboxylic acids is 1. The normalized spacial score (nSPS) is 10.2. The minimum atomic E-state index is -0.197. The monoisotopic (exact) mass is 349 g/mol. The van der Waals surface area contributed by atoms with Gasteiger partial charge in [-0.2, -0.15) is 0 Å². The van der Waals surface area contributed by atoms with Crippen LogP contribution in [-0.4, -0.2) is 29.6 Å². The predicted octanol–water partition coefficient (Wildman–Crippen LogP) is 2.85. The van der Waals surface area contributed by atoms with Crippen molar-refractivity contribution in [2.24, 2.45) is 0 Å². The summed E-state index contributed by atoms with van der Waals surface area (Å²) in [5, 5.41) is 2.81. The molecule has 1 amide bonds. The van der Waals surface area contributed by atoms with Crippen molar-refractivity contribution in [3.05, 3.63) is 72.7 Å². The molecule has 1 N–H and O–H groups in total. The van der Waals surface area contributed by atoms with E-state index in [0.29, 0.717) is 12.3 Å². The number of rotatable bonds is 7. The maximum absolute atomic E-state index is 11.9. The summed E-state index contributed by atoms with van der Waals surface area (Å²) in [5.41, 5.74) is 2.71. The smallest absolute Gasteiger partial charge is 0.258 e. The Labute approximate surface area is 151 Å². The highest BCUT2D eigenvalue weighted by Crippen LogP contribution is 2.17. The van der Waals surface area contributed by atoms with Crippen molar-refractivity contribution in [3.63, 3.8) is 0 Å². The number of ether oxygens (including phenoxy) is 2. The molecule has 6 heteroatoms. The topological polar surface area (TPSA) is 73.3 Å². The largest absolute Gasteiger partial charge is 0.497 e. The van der Waals surface area contributed by atoms with Crippen LogP contribution in [0.15, 0.2) is 67.1 Å². The van der Waals surface area contributed by atoms with Gasteiger partial charge in [-0.1, -0.05) is 6.07 Å². The lowest BCUT2D eigenvalue weighted by atomic mass is 10.1. The third-order valence-corrected chi connectivity index (χ3v) is 3.70. The molecule has 0 radical (unpaired) electrons. The minimum absolute atomic E-state index is 0.0481. The van der Waals surface area contributed by atoms with Crippen molar-refractivity contribution in [3.8, 4) is 22.8 Å². The molecule has 3 aromatic rings. The maximum Gasteiger partial charge on any atom is 0.258 e. The summed E-state index contributed by atoms with van der Waals surface area (Å²) in [6, 6.07) is 14.7. The molecule has 0 atom stereocenters. The third-order valence-electron chi connectivity index (χ3n) is 3.70. The highest BCUT2D eigenvalue weighted by molar-refractivity contribution is 5.77. The van der Waals surface area contributed by atoms with Crippen molar-refractivity contribution in [1.82, 2.24) is 15.3 Å². The first-order valence-electron chi connectivity index (χ1n) is 8.13. The first-order valence-corrected chi connectivity index (χ1v) is 8.13. The Morgan fingerprint density at radius 3 is 2.50 bits per heavy atom. The van der Waals surface area contributed by atoms with E-state index in [1.54, 1.807) is 50.0 Å². The van der Waals surface area contributed by atoms with E-state index in [1.807, 2.05) is 24.3 Å². The quantitative estimate of drug-likeness (QED) is 0.710. The van der Waals surface area contributed by atoms with Crippen LogP contribution in [0, 0.1) is 0 Å². The van der Waals surface area contributed by atoms with Gasteiger partial charge >= 0.3 is 0 Å². The van der Waals surface area contributed by atoms with E-state index in [0.717, 1.165) is 22.6 Å². The number of carbonyl (C=O) groups is 1. The zero-order valence-electron chi connectivity index (χ0n) is 14.4. The first-order chi connectivity index (χ1) is 12.7. The third kappa shape index (κ3) is 4.80. The van der Waals surface area contributed by atoms with Gasteiger partial charge in [0.25, 0.3) is 5.91 Å². The van der Waals surface area contributed by atoms with Gasteiger partial charge in [0.1, 0.15) is 11.5 Å². The number of amides is 1. The molecule has 0 saturated carbocycles. The molecule has 2 heterocycles. The Bertz CT molecular complexity index is 834. The number of benzene rings is 1. The van der Waals surface area contributed by atoms with Crippen molar-refractivity contribution >= 4 is 5.91 Å². The number of nitrogens with zero attached hydrogens (tertiary/aromatic N) is 2. The van der Waals surface area contributed by atoms with E-state index in [2.05, 4.69) is 15.3 Å². The van der Waals surface area contributed by atoms with Crippen LogP contribution >= 0.6 is 0 Å². The van der Waals surface area contributed by atoms with Gasteiger partial charge in [-0.15, -0.1) is 0 Å². The molecule has 1 aromatic carbocycles. The lowest BCUT2D eigenvalue weighted by molar-refractivity contribution is -0.123. The Morgan fingerprint density at radius 1 is 1.04 bits per heavy atom. The lowest BCUT2D eigenvalue weighted by Gasteiger charge is -2.08. The molecule has 26 heavy (non-hydrogen) atoms. The number of nitrogens with one attached hydrogen (secondary N) is 1. The van der Waals surface area contributed by atoms with Crippen molar-refractivity contribution < 1.29 is 14.3 Å². The molecule has 0 fully saturated rings. The summed E-state index contributed by atoms with van der Waals surface area (Å²) >= 11 is 0. The number of hydrogen-bond acceptors (Lipinski definition) is 5. The second-order valence-electron chi connectivity index (χ2n) is 5.53. The summed E-state index contributed by atoms with van der Waals surface area (Å²) in [6.45, 7) is 0.346. The van der Waals surface area contributed by atoms with Crippen LogP contribution in [0.1, 0.15) is 5.56 Å². The van der Waals surface area contributed by atoms with Gasteiger partial charge in [0.2, 0.25) is 0 Å². The van der Waals surface area contributed by atoms with E-state index >= 15 is 0 Å². The van der Waals surface area contributed by atoms with Crippen molar-refractivity contribution in [2.75, 3.05) is 13.7 Å². The average molecular weight is 349 g/mol. The van der Waals surface area contributed by atoms with E-state index in [4.69, 9.17) is 9.47 Å². The first kappa shape index (κ1) is 17.4. The molecule has 0 saturated heterocycles. The van der Waals surface area contributed by atoms with Gasteiger partial charge in [0.05, 0.1) is 12.8 Å². The molecule has 0 aliphatic heterocycles. The zero-order chi connectivity index (χ0) is 18.2. The van der Waals surface area contributed by atoms with Gasteiger partial charge < -0.3 is 14.8 Å². The van der Waals surface area contributed by atoms with E-state index in [-0.39, 0.29) is 12.5 Å². The molecule has 2 aromatic heterocycles. The minimum Gasteiger partial charge on any atom is -0.497 e. The molecule has 0 aliphatic rings. The summed E-state index contributed by atoms with van der Waals surface area (Å²) in [7, 11) is 1.60. The molecule has 3 rings (SSSR count). The second kappa shape index (κ2) is 8.62. The van der Waals surface area contributed by atoms with Crippen molar-refractivity contribution in [2.45, 2.75) is 6.54 Å². The summed E-state index contributed by atoms with van der Waals surface area (Å²) in [5.74, 6) is 1.16. The standard InChI is InChI=1S/C20H19N3O3/c1-25-17-5-7-18(8-6-17)26-14-20(24)23-12-15-4-9-19(22-11-15)16-3-2-10-21-13-16/h2-11,13H,12,14H2,1H3,(H,23,24). The summed E-state index contributed by atoms with van der Waals surface area (Å²) in [4.78, 5) is 20.4. The Hall–Kier alpha value is -3.41. The van der Waals surface area contributed by atoms with Gasteiger partial charge in [-0.05, 0) is 48.0 Å². The fourth-order valence-corrected chi connectivity index (χ4v) is 2.29. The van der Waals surface area contributed by atoms with Gasteiger partial charge in [-0.25, -0.2) is 0 Å². The second-order valence-corrected chi connectivity index (χ2v) is 5.53. The van der Waals surface area contributed by atoms with E-state index in [9.17, 15) is 4.79 Å². The molecule has 0 unspecified atom stereocenters. The van der Waals surface area contributed by atoms with E-state index < -0.39 is 0 Å². The number of aromatic nitrogens is 2. The van der Waals surface area contributed by atoms with Crippen LogP contribution < -0.4 is 14.8 Å². The van der Waals surface area contributed by atoms with Crippen molar-refractivity contribution in [1.29, 1.82) is 0 Å². The summed E-state index contributed by atoms with van der Waals surface area (Å²) < 4.78 is 10.5. The number of hydrogen-bond donors (Lipinski definition) is 1. The highest BCUT2D eigenvalue weighted by Gasteiger charge is 2.04. The highest BCUT2D eigenvalue weighted by atomic mass is 16.5. The zero-order valence-corrected chi connectivity index (χ0v) is 14.4. The van der Waals surface area contributed by atoms with Crippen LogP contribution in [0.25, 0.3) is 11.3 Å². The molecule has 0 bridgehead atoms. The molecule has 6 nitrogen and oxygen atoms in total. The Balaban J connectivity index is 1.46. The molecule has 0 spiro atoms. The Kier molecular flexibility index (Phi) is 5.77. The van der Waals surface area contributed by atoms with E-state index in [1.165, 1.54) is 0 Å². The molecule has 132 valence electrons. The molecular weight excluding hydrogens is 330 g/mol. The number of pyridine rings is 2. The maximum atomic E-state index is 11.9. The van der Waals surface area contributed by atoms with Gasteiger partial charge in [0.15, 0.2) is 6.61 Å². The predicted molar refractivity (Wildman–Crippen MR) is 97.8 cm³/mol. The fraction of sp³-hybridized carbons (Fsp3) is 0.150. The van der Waals surface area contributed by atoms with Gasteiger partial charge in [0, 0.05) is 30.7 Å². The Morgan fingerprint density at radius 2 is 1.85 bits per heavy atom. The number of methoxy groups -OCH3 is 1. The summed E-state index contributed by atoms with van der Waals surface area (Å²) in [6.07, 6.45) is 5.23. The lowest BCUT2D eigenvalue weighted by Crippen LogP contribution is -2.28. The van der Waals surface area contributed by atoms with Crippen LogP contribution in [0.3, 0.4) is 0 Å². The molecular formula is C20H19N3O3. The van der Waals surface area contributed by atoms with Crippen LogP contribution in [0.2, 0.25) is 0 Å². The van der Waals surface area contributed by atoms with Crippen LogP contribution in [0.5, 0.6) is 11.5 Å². The van der Waals surface area contributed by atoms with Gasteiger partial charge in [-0.3, -0.25) is 14.8 Å².